The van der Waals surface area contributed by atoms with Crippen LogP contribution >= 0.6 is 0 Å². The highest BCUT2D eigenvalue weighted by Crippen LogP contribution is 2.56. The molecule has 1 aliphatic heterocycles. The maximum atomic E-state index is 11.7. The largest absolute Gasteiger partial charge is 0.504 e. The minimum absolute atomic E-state index is 0.0430. The Kier molecular flexibility index (Phi) is 3.59. The van der Waals surface area contributed by atoms with Crippen molar-refractivity contribution < 1.29 is 35.1 Å². The van der Waals surface area contributed by atoms with Crippen LogP contribution in [0.2, 0.25) is 0 Å². The number of fused-ring (bicyclic) bond motifs is 2. The summed E-state index contributed by atoms with van der Waals surface area (Å²) in [5.41, 5.74) is 1.28. The number of phenolic OH excluding ortho intramolecular Hbond substituents is 4. The van der Waals surface area contributed by atoms with Crippen LogP contribution in [-0.2, 0) is 0 Å². The fourth-order valence-electron chi connectivity index (χ4n) is 3.37. The number of carbonyl (C=O) groups is 1. The Hall–Kier alpha value is -3.87. The molecule has 0 bridgehead atoms. The van der Waals surface area contributed by atoms with Crippen molar-refractivity contribution in [1.82, 2.24) is 0 Å². The molecule has 0 unspecified atom stereocenters. The van der Waals surface area contributed by atoms with E-state index in [1.807, 2.05) is 0 Å². The van der Waals surface area contributed by atoms with Crippen LogP contribution < -0.4 is 4.74 Å². The van der Waals surface area contributed by atoms with Gasteiger partial charge in [0.25, 0.3) is 0 Å². The molecule has 7 heteroatoms. The fourth-order valence-corrected chi connectivity index (χ4v) is 3.37. The molecule has 0 fully saturated rings. The molecule has 1 aliphatic rings. The van der Waals surface area contributed by atoms with Gasteiger partial charge >= 0.3 is 5.97 Å². The first kappa shape index (κ1) is 16.6. The van der Waals surface area contributed by atoms with Crippen LogP contribution in [0.3, 0.4) is 0 Å². The third kappa shape index (κ3) is 2.40. The van der Waals surface area contributed by atoms with Crippen LogP contribution in [0.4, 0.5) is 0 Å². The first-order valence-electron chi connectivity index (χ1n) is 8.00. The van der Waals surface area contributed by atoms with E-state index in [2.05, 4.69) is 0 Å². The molecule has 0 spiro atoms. The maximum absolute atomic E-state index is 11.7. The molecule has 27 heavy (non-hydrogen) atoms. The molecular weight excluding hydrogens is 352 g/mol. The lowest BCUT2D eigenvalue weighted by molar-refractivity contribution is 0.0695. The summed E-state index contributed by atoms with van der Waals surface area (Å²) in [5.74, 6) is -4.02. The van der Waals surface area contributed by atoms with Gasteiger partial charge in [0.15, 0.2) is 23.0 Å². The van der Waals surface area contributed by atoms with E-state index in [0.29, 0.717) is 16.7 Å². The summed E-state index contributed by atoms with van der Waals surface area (Å²) in [7, 11) is 0. The molecule has 5 N–H and O–H groups in total. The highest BCUT2D eigenvalue weighted by Gasteiger charge is 2.35. The van der Waals surface area contributed by atoms with E-state index in [4.69, 9.17) is 4.74 Å². The van der Waals surface area contributed by atoms with Gasteiger partial charge in [-0.1, -0.05) is 30.3 Å². The molecule has 136 valence electrons. The summed E-state index contributed by atoms with van der Waals surface area (Å²) in [6.45, 7) is 0. The van der Waals surface area contributed by atoms with Gasteiger partial charge in [0.2, 0.25) is 11.5 Å². The number of carboxylic acid groups (broad SMARTS) is 1. The van der Waals surface area contributed by atoms with Gasteiger partial charge in [-0.2, -0.15) is 0 Å². The maximum Gasteiger partial charge on any atom is 0.335 e. The number of aromatic carboxylic acids is 1. The molecule has 0 saturated carbocycles. The van der Waals surface area contributed by atoms with Crippen molar-refractivity contribution in [1.29, 1.82) is 0 Å². The predicted octanol–water partition coefficient (Wildman–Crippen LogP) is 3.49. The van der Waals surface area contributed by atoms with Crippen molar-refractivity contribution >= 4 is 5.97 Å². The zero-order valence-corrected chi connectivity index (χ0v) is 13.7. The average Bonchev–Trinajstić information content (AvgIpc) is 2.66. The van der Waals surface area contributed by atoms with Gasteiger partial charge in [0.1, 0.15) is 0 Å². The lowest BCUT2D eigenvalue weighted by Gasteiger charge is -2.30. The molecule has 0 atom stereocenters. The van der Waals surface area contributed by atoms with Crippen LogP contribution in [0.1, 0.15) is 33.0 Å². The van der Waals surface area contributed by atoms with Gasteiger partial charge in [-0.15, -0.1) is 0 Å². The Balaban J connectivity index is 2.08. The molecule has 1 heterocycles. The molecule has 3 aromatic rings. The zero-order valence-electron chi connectivity index (χ0n) is 13.7. The molecule has 7 nitrogen and oxygen atoms in total. The monoisotopic (exact) mass is 366 g/mol. The Morgan fingerprint density at radius 2 is 1.26 bits per heavy atom. The minimum Gasteiger partial charge on any atom is -0.504 e. The molecule has 4 rings (SSSR count). The number of carboxylic acids is 1. The number of benzene rings is 3. The smallest absolute Gasteiger partial charge is 0.335 e. The number of hydrogen-bond donors (Lipinski definition) is 5. The van der Waals surface area contributed by atoms with E-state index in [9.17, 15) is 30.3 Å². The average molecular weight is 366 g/mol. The van der Waals surface area contributed by atoms with Crippen LogP contribution in [0.15, 0.2) is 48.5 Å². The van der Waals surface area contributed by atoms with E-state index in [-0.39, 0.29) is 17.1 Å². The second kappa shape index (κ2) is 5.84. The summed E-state index contributed by atoms with van der Waals surface area (Å²) in [6.07, 6.45) is 0. The lowest BCUT2D eigenvalue weighted by atomic mass is 9.80. The number of ether oxygens (including phenoxy) is 1. The van der Waals surface area contributed by atoms with E-state index < -0.39 is 34.9 Å². The van der Waals surface area contributed by atoms with Crippen molar-refractivity contribution in [2.24, 2.45) is 0 Å². The quantitative estimate of drug-likeness (QED) is 0.344. The molecule has 0 saturated heterocycles. The Morgan fingerprint density at radius 1 is 0.741 bits per heavy atom. The van der Waals surface area contributed by atoms with E-state index in [1.54, 1.807) is 18.2 Å². The molecule has 0 aromatic heterocycles. The minimum atomic E-state index is -1.13. The van der Waals surface area contributed by atoms with Crippen molar-refractivity contribution in [3.05, 3.63) is 70.8 Å². The lowest BCUT2D eigenvalue weighted by Crippen LogP contribution is -2.15. The van der Waals surface area contributed by atoms with Gasteiger partial charge in [-0.05, 0) is 23.8 Å². The van der Waals surface area contributed by atoms with Crippen LogP contribution in [-0.4, -0.2) is 31.5 Å². The first-order valence-corrected chi connectivity index (χ1v) is 8.00. The van der Waals surface area contributed by atoms with Crippen LogP contribution in [0, 0.1) is 0 Å². The summed E-state index contributed by atoms with van der Waals surface area (Å²) >= 11 is 0. The Morgan fingerprint density at radius 3 is 1.78 bits per heavy atom. The number of aromatic hydroxyl groups is 4. The zero-order chi connectivity index (χ0) is 19.3. The van der Waals surface area contributed by atoms with Gasteiger partial charge in [0, 0.05) is 17.0 Å². The van der Waals surface area contributed by atoms with Crippen molar-refractivity contribution in [3.63, 3.8) is 0 Å². The van der Waals surface area contributed by atoms with E-state index in [0.717, 1.165) is 0 Å². The van der Waals surface area contributed by atoms with Crippen molar-refractivity contribution in [2.45, 2.75) is 5.92 Å². The van der Waals surface area contributed by atoms with E-state index >= 15 is 0 Å². The van der Waals surface area contributed by atoms with Gasteiger partial charge in [-0.25, -0.2) is 4.79 Å². The highest BCUT2D eigenvalue weighted by atomic mass is 16.5. The Bertz CT molecular complexity index is 1030. The van der Waals surface area contributed by atoms with Gasteiger partial charge < -0.3 is 30.3 Å². The second-order valence-corrected chi connectivity index (χ2v) is 6.13. The molecule has 0 aliphatic carbocycles. The van der Waals surface area contributed by atoms with Crippen molar-refractivity contribution in [3.8, 4) is 34.5 Å². The SMILES string of the molecule is O=C(O)c1ccccc1C1c2ccc(O)c(O)c2Oc2c1ccc(O)c2O. The second-order valence-electron chi connectivity index (χ2n) is 6.13. The summed E-state index contributed by atoms with van der Waals surface area (Å²) in [5, 5.41) is 49.7. The number of phenols is 4. The summed E-state index contributed by atoms with van der Waals surface area (Å²) in [6, 6.07) is 11.9. The van der Waals surface area contributed by atoms with Gasteiger partial charge in [-0.3, -0.25) is 0 Å². The topological polar surface area (TPSA) is 127 Å². The Labute approximate surface area is 153 Å². The van der Waals surface area contributed by atoms with Crippen LogP contribution in [0.25, 0.3) is 0 Å². The highest BCUT2D eigenvalue weighted by molar-refractivity contribution is 5.90. The molecular formula is C20H14O7. The molecule has 0 radical (unpaired) electrons. The van der Waals surface area contributed by atoms with Crippen molar-refractivity contribution in [2.75, 3.05) is 0 Å². The number of rotatable bonds is 2. The standard InChI is InChI=1S/C20H14O7/c21-13-7-5-11-15(9-3-1-2-4-10(9)20(25)26)12-6-8-14(22)17(24)19(12)27-18(11)16(13)23/h1-8,15,21-24H,(H,25,26). The van der Waals surface area contributed by atoms with Gasteiger partial charge in [0.05, 0.1) is 5.56 Å². The normalized spacial score (nSPS) is 12.7. The predicted molar refractivity (Wildman–Crippen MR) is 94.0 cm³/mol. The number of hydrogen-bond acceptors (Lipinski definition) is 6. The summed E-state index contributed by atoms with van der Waals surface area (Å²) in [4.78, 5) is 11.7. The van der Waals surface area contributed by atoms with E-state index in [1.165, 1.54) is 30.3 Å². The van der Waals surface area contributed by atoms with Crippen LogP contribution in [0.5, 0.6) is 34.5 Å². The fraction of sp³-hybridized carbons (Fsp3) is 0.0500. The summed E-state index contributed by atoms with van der Waals surface area (Å²) < 4.78 is 5.59. The third-order valence-corrected chi connectivity index (χ3v) is 4.61. The third-order valence-electron chi connectivity index (χ3n) is 4.61. The molecule has 0 amide bonds. The first-order chi connectivity index (χ1) is 12.9. The molecule has 3 aromatic carbocycles.